The van der Waals surface area contributed by atoms with Gasteiger partial charge in [-0.2, -0.15) is 0 Å². The zero-order valence-corrected chi connectivity index (χ0v) is 13.2. The van der Waals surface area contributed by atoms with Crippen LogP contribution < -0.4 is 0 Å². The van der Waals surface area contributed by atoms with Crippen LogP contribution in [0.15, 0.2) is 40.9 Å². The summed E-state index contributed by atoms with van der Waals surface area (Å²) in [5, 5.41) is 0. The molecule has 0 atom stereocenters. The number of amides is 1. The van der Waals surface area contributed by atoms with Crippen LogP contribution in [0.3, 0.4) is 0 Å². The number of benzene rings is 2. The maximum absolute atomic E-state index is 14.0. The van der Waals surface area contributed by atoms with Crippen molar-refractivity contribution in [2.75, 3.05) is 7.05 Å². The van der Waals surface area contributed by atoms with E-state index >= 15 is 0 Å². The maximum Gasteiger partial charge on any atom is 0.259 e. The third kappa shape index (κ3) is 3.29. The topological polar surface area (TPSA) is 20.3 Å². The summed E-state index contributed by atoms with van der Waals surface area (Å²) in [5.41, 5.74) is 0.598. The minimum absolute atomic E-state index is 0.244. The lowest BCUT2D eigenvalue weighted by Gasteiger charge is -2.19. The second-order valence-electron chi connectivity index (χ2n) is 4.81. The zero-order valence-electron chi connectivity index (χ0n) is 11.7. The number of carbonyl (C=O) groups is 1. The molecule has 2 aromatic carbocycles. The van der Waals surface area contributed by atoms with Gasteiger partial charge in [-0.15, -0.1) is 0 Å². The Morgan fingerprint density at radius 1 is 1.19 bits per heavy atom. The molecule has 0 bridgehead atoms. The van der Waals surface area contributed by atoms with Crippen LogP contribution in [-0.2, 0) is 6.54 Å². The van der Waals surface area contributed by atoms with Gasteiger partial charge < -0.3 is 4.90 Å². The lowest BCUT2D eigenvalue weighted by molar-refractivity contribution is 0.0775. The van der Waals surface area contributed by atoms with Gasteiger partial charge >= 0.3 is 0 Å². The van der Waals surface area contributed by atoms with E-state index in [0.717, 1.165) is 16.1 Å². The predicted molar refractivity (Wildman–Crippen MR) is 81.0 cm³/mol. The van der Waals surface area contributed by atoms with Crippen LogP contribution in [0.5, 0.6) is 0 Å². The van der Waals surface area contributed by atoms with Gasteiger partial charge in [-0.1, -0.05) is 40.2 Å². The van der Waals surface area contributed by atoms with Crippen LogP contribution in [0, 0.1) is 18.6 Å². The minimum atomic E-state index is -0.845. The van der Waals surface area contributed by atoms with Gasteiger partial charge in [0.2, 0.25) is 0 Å². The van der Waals surface area contributed by atoms with Crippen LogP contribution in [0.2, 0.25) is 0 Å². The summed E-state index contributed by atoms with van der Waals surface area (Å²) in [6, 6.07) is 9.81. The number of hydrogen-bond donors (Lipinski definition) is 0. The molecule has 5 heteroatoms. The van der Waals surface area contributed by atoms with Crippen LogP contribution in [0.1, 0.15) is 21.5 Å². The lowest BCUT2D eigenvalue weighted by atomic mass is 10.1. The standard InChI is InChI=1S/C16H14BrF2NO/c1-10-7-8-13(18)14(15(10)19)16(21)20(2)9-11-5-3-4-6-12(11)17/h3-8H,9H2,1-2H3. The van der Waals surface area contributed by atoms with Gasteiger partial charge in [0, 0.05) is 18.1 Å². The summed E-state index contributed by atoms with van der Waals surface area (Å²) < 4.78 is 28.6. The molecule has 0 saturated heterocycles. The van der Waals surface area contributed by atoms with Gasteiger partial charge in [-0.25, -0.2) is 8.78 Å². The van der Waals surface area contributed by atoms with E-state index in [1.54, 1.807) is 0 Å². The quantitative estimate of drug-likeness (QED) is 0.805. The Hall–Kier alpha value is -1.75. The van der Waals surface area contributed by atoms with Gasteiger partial charge in [0.05, 0.1) is 0 Å². The lowest BCUT2D eigenvalue weighted by Crippen LogP contribution is -2.28. The van der Waals surface area contributed by atoms with Gasteiger partial charge in [0.25, 0.3) is 5.91 Å². The number of nitrogens with zero attached hydrogens (tertiary/aromatic N) is 1. The van der Waals surface area contributed by atoms with Crippen molar-refractivity contribution < 1.29 is 13.6 Å². The van der Waals surface area contributed by atoms with E-state index in [9.17, 15) is 13.6 Å². The molecule has 0 aromatic heterocycles. The van der Waals surface area contributed by atoms with E-state index in [1.165, 1.54) is 24.9 Å². The van der Waals surface area contributed by atoms with Gasteiger partial charge in [-0.05, 0) is 30.2 Å². The second kappa shape index (κ2) is 6.35. The van der Waals surface area contributed by atoms with Gasteiger partial charge in [0.1, 0.15) is 17.2 Å². The fraction of sp³-hybridized carbons (Fsp3) is 0.188. The van der Waals surface area contributed by atoms with Crippen LogP contribution >= 0.6 is 15.9 Å². The largest absolute Gasteiger partial charge is 0.337 e. The SMILES string of the molecule is Cc1ccc(F)c(C(=O)N(C)Cc2ccccc2Br)c1F. The molecule has 0 N–H and O–H groups in total. The minimum Gasteiger partial charge on any atom is -0.337 e. The van der Waals surface area contributed by atoms with E-state index in [-0.39, 0.29) is 12.1 Å². The third-order valence-corrected chi connectivity index (χ3v) is 3.98. The third-order valence-electron chi connectivity index (χ3n) is 3.21. The molecule has 0 heterocycles. The van der Waals surface area contributed by atoms with Crippen LogP contribution in [0.4, 0.5) is 8.78 Å². The molecule has 0 saturated carbocycles. The van der Waals surface area contributed by atoms with Crippen LogP contribution in [0.25, 0.3) is 0 Å². The van der Waals surface area contributed by atoms with Crippen LogP contribution in [-0.4, -0.2) is 17.9 Å². The fourth-order valence-corrected chi connectivity index (χ4v) is 2.41. The molecule has 2 aromatic rings. The molecule has 2 rings (SSSR count). The molecule has 2 nitrogen and oxygen atoms in total. The fourth-order valence-electron chi connectivity index (χ4n) is 2.00. The summed E-state index contributed by atoms with van der Waals surface area (Å²) in [6.07, 6.45) is 0. The summed E-state index contributed by atoms with van der Waals surface area (Å²) >= 11 is 3.38. The first-order valence-electron chi connectivity index (χ1n) is 6.35. The molecule has 1 amide bonds. The molecule has 110 valence electrons. The Morgan fingerprint density at radius 2 is 1.86 bits per heavy atom. The highest BCUT2D eigenvalue weighted by molar-refractivity contribution is 9.10. The van der Waals surface area contributed by atoms with E-state index < -0.39 is 23.1 Å². The van der Waals surface area contributed by atoms with E-state index in [4.69, 9.17) is 0 Å². The maximum atomic E-state index is 14.0. The van der Waals surface area contributed by atoms with Crippen molar-refractivity contribution >= 4 is 21.8 Å². The number of aryl methyl sites for hydroxylation is 1. The molecule has 0 aliphatic rings. The first-order chi connectivity index (χ1) is 9.91. The molecule has 0 aliphatic carbocycles. The van der Waals surface area contributed by atoms with Gasteiger partial charge in [-0.3, -0.25) is 4.79 Å². The molecule has 0 spiro atoms. The van der Waals surface area contributed by atoms with E-state index in [0.29, 0.717) is 0 Å². The normalized spacial score (nSPS) is 10.5. The number of hydrogen-bond acceptors (Lipinski definition) is 1. The monoisotopic (exact) mass is 353 g/mol. The number of carbonyl (C=O) groups excluding carboxylic acids is 1. The smallest absolute Gasteiger partial charge is 0.259 e. The molecule has 0 radical (unpaired) electrons. The van der Waals surface area contributed by atoms with Crippen molar-refractivity contribution in [2.24, 2.45) is 0 Å². The van der Waals surface area contributed by atoms with Crippen molar-refractivity contribution in [3.8, 4) is 0 Å². The average molecular weight is 354 g/mol. The molecular formula is C16H14BrF2NO. The van der Waals surface area contributed by atoms with Crippen molar-refractivity contribution in [3.63, 3.8) is 0 Å². The van der Waals surface area contributed by atoms with Crippen molar-refractivity contribution in [2.45, 2.75) is 13.5 Å². The molecule has 0 aliphatic heterocycles. The number of rotatable bonds is 3. The highest BCUT2D eigenvalue weighted by Crippen LogP contribution is 2.21. The van der Waals surface area contributed by atoms with E-state index in [1.807, 2.05) is 24.3 Å². The Kier molecular flexibility index (Phi) is 4.73. The first-order valence-corrected chi connectivity index (χ1v) is 7.14. The van der Waals surface area contributed by atoms with Crippen molar-refractivity contribution in [1.29, 1.82) is 0 Å². The second-order valence-corrected chi connectivity index (χ2v) is 5.66. The Labute approximate surface area is 130 Å². The Morgan fingerprint density at radius 3 is 2.52 bits per heavy atom. The molecular weight excluding hydrogens is 340 g/mol. The van der Waals surface area contributed by atoms with Crippen molar-refractivity contribution in [3.05, 3.63) is 69.2 Å². The summed E-state index contributed by atoms with van der Waals surface area (Å²) in [7, 11) is 1.52. The predicted octanol–water partition coefficient (Wildman–Crippen LogP) is 4.31. The first kappa shape index (κ1) is 15.6. The molecule has 21 heavy (non-hydrogen) atoms. The summed E-state index contributed by atoms with van der Waals surface area (Å²) in [6.45, 7) is 1.76. The highest BCUT2D eigenvalue weighted by Gasteiger charge is 2.22. The molecule has 0 fully saturated rings. The Balaban J connectivity index is 2.29. The average Bonchev–Trinajstić information content (AvgIpc) is 2.45. The van der Waals surface area contributed by atoms with Gasteiger partial charge in [0.15, 0.2) is 0 Å². The van der Waals surface area contributed by atoms with Crippen molar-refractivity contribution in [1.82, 2.24) is 4.90 Å². The summed E-state index contributed by atoms with van der Waals surface area (Å²) in [4.78, 5) is 13.6. The zero-order chi connectivity index (χ0) is 15.6. The van der Waals surface area contributed by atoms with E-state index in [2.05, 4.69) is 15.9 Å². The molecule has 0 unspecified atom stereocenters. The highest BCUT2D eigenvalue weighted by atomic mass is 79.9. The number of halogens is 3. The summed E-state index contributed by atoms with van der Waals surface area (Å²) in [5.74, 6) is -2.33. The Bertz CT molecular complexity index is 688.